The highest BCUT2D eigenvalue weighted by atomic mass is 35.5. The van der Waals surface area contributed by atoms with Crippen molar-refractivity contribution in [1.82, 2.24) is 0 Å². The van der Waals surface area contributed by atoms with Crippen LogP contribution in [0.25, 0.3) is 0 Å². The number of benzene rings is 2. The summed E-state index contributed by atoms with van der Waals surface area (Å²) in [7, 11) is 0. The predicted octanol–water partition coefficient (Wildman–Crippen LogP) is 5.45. The predicted molar refractivity (Wildman–Crippen MR) is 88.5 cm³/mol. The van der Waals surface area contributed by atoms with Gasteiger partial charge in [0.05, 0.1) is 5.56 Å². The van der Waals surface area contributed by atoms with Gasteiger partial charge in [-0.25, -0.2) is 4.79 Å². The molecule has 0 aliphatic carbocycles. The number of carboxylic acids is 1. The number of carboxylic acid groups (broad SMARTS) is 1. The van der Waals surface area contributed by atoms with E-state index in [0.29, 0.717) is 10.9 Å². The van der Waals surface area contributed by atoms with Crippen LogP contribution in [0.1, 0.15) is 41.3 Å². The van der Waals surface area contributed by atoms with Gasteiger partial charge in [0.15, 0.2) is 0 Å². The Labute approximate surface area is 134 Å². The summed E-state index contributed by atoms with van der Waals surface area (Å²) in [6, 6.07) is 13.4. The van der Waals surface area contributed by atoms with Crippen LogP contribution in [0, 0.1) is 0 Å². The monoisotopic (exact) mass is 320 g/mol. The maximum absolute atomic E-state index is 10.9. The van der Waals surface area contributed by atoms with E-state index < -0.39 is 5.97 Å². The molecule has 0 bridgehead atoms. The van der Waals surface area contributed by atoms with Crippen molar-refractivity contribution in [2.24, 2.45) is 0 Å². The average molecular weight is 321 g/mol. The Morgan fingerprint density at radius 1 is 1.19 bits per heavy atom. The van der Waals surface area contributed by atoms with Crippen LogP contribution in [0.2, 0.25) is 5.02 Å². The second kappa shape index (κ2) is 7.01. The van der Waals surface area contributed by atoms with E-state index in [4.69, 9.17) is 16.7 Å². The smallest absolute Gasteiger partial charge is 0.335 e. The summed E-state index contributed by atoms with van der Waals surface area (Å²) in [6.45, 7) is 4.35. The van der Waals surface area contributed by atoms with Crippen molar-refractivity contribution in [2.75, 3.05) is 0 Å². The van der Waals surface area contributed by atoms with Gasteiger partial charge in [0.1, 0.15) is 0 Å². The number of aromatic carboxylic acids is 1. The van der Waals surface area contributed by atoms with Crippen LogP contribution in [0.3, 0.4) is 0 Å². The minimum atomic E-state index is -0.958. The molecule has 2 nitrogen and oxygen atoms in total. The molecule has 0 saturated carbocycles. The van der Waals surface area contributed by atoms with Crippen molar-refractivity contribution in [3.05, 3.63) is 64.2 Å². The van der Waals surface area contributed by atoms with Gasteiger partial charge < -0.3 is 5.11 Å². The first-order valence-electron chi connectivity index (χ1n) is 6.72. The van der Waals surface area contributed by atoms with Gasteiger partial charge in [0.25, 0.3) is 0 Å². The fraction of sp³-hybridized carbons (Fsp3) is 0.235. The fourth-order valence-corrected chi connectivity index (χ4v) is 3.14. The van der Waals surface area contributed by atoms with Crippen LogP contribution in [0.5, 0.6) is 0 Å². The molecule has 0 aliphatic heterocycles. The molecule has 2 rings (SSSR count). The van der Waals surface area contributed by atoms with E-state index >= 15 is 0 Å². The summed E-state index contributed by atoms with van der Waals surface area (Å²) in [5, 5.41) is 9.42. The summed E-state index contributed by atoms with van der Waals surface area (Å²) in [4.78, 5) is 12.0. The van der Waals surface area contributed by atoms with Crippen molar-refractivity contribution in [3.63, 3.8) is 0 Å². The lowest BCUT2D eigenvalue weighted by Crippen LogP contribution is -1.96. The van der Waals surface area contributed by atoms with Gasteiger partial charge in [-0.15, -0.1) is 11.8 Å². The van der Waals surface area contributed by atoms with Gasteiger partial charge in [-0.05, 0) is 41.3 Å². The SMILES string of the molecule is CC(C)c1ccc(SCc2ccc(C(=O)O)cc2Cl)cc1. The Kier molecular flexibility index (Phi) is 5.32. The minimum Gasteiger partial charge on any atom is -0.478 e. The first-order valence-corrected chi connectivity index (χ1v) is 8.08. The summed E-state index contributed by atoms with van der Waals surface area (Å²) < 4.78 is 0. The first-order chi connectivity index (χ1) is 9.97. The molecule has 2 aromatic rings. The lowest BCUT2D eigenvalue weighted by Gasteiger charge is -2.08. The highest BCUT2D eigenvalue weighted by Crippen LogP contribution is 2.28. The van der Waals surface area contributed by atoms with Crippen LogP contribution in [-0.4, -0.2) is 11.1 Å². The molecule has 0 aliphatic rings. The summed E-state index contributed by atoms with van der Waals surface area (Å²) >= 11 is 7.82. The van der Waals surface area contributed by atoms with Crippen LogP contribution >= 0.6 is 23.4 Å². The third-order valence-corrected chi connectivity index (χ3v) is 4.65. The summed E-state index contributed by atoms with van der Waals surface area (Å²) in [5.41, 5.74) is 2.48. The van der Waals surface area contributed by atoms with Crippen LogP contribution < -0.4 is 0 Å². The Hall–Kier alpha value is -1.45. The molecule has 0 aromatic heterocycles. The molecule has 21 heavy (non-hydrogen) atoms. The number of hydrogen-bond donors (Lipinski definition) is 1. The van der Waals surface area contributed by atoms with E-state index in [0.717, 1.165) is 11.3 Å². The normalized spacial score (nSPS) is 10.9. The molecule has 1 N–H and O–H groups in total. The Balaban J connectivity index is 2.04. The third-order valence-electron chi connectivity index (χ3n) is 3.24. The van der Waals surface area contributed by atoms with Crippen molar-refractivity contribution in [2.45, 2.75) is 30.4 Å². The standard InChI is InChI=1S/C17H17ClO2S/c1-11(2)12-5-7-15(8-6-12)21-10-14-4-3-13(17(19)20)9-16(14)18/h3-9,11H,10H2,1-2H3,(H,19,20). The minimum absolute atomic E-state index is 0.218. The molecule has 0 spiro atoms. The van der Waals surface area contributed by atoms with E-state index in [2.05, 4.69) is 38.1 Å². The van der Waals surface area contributed by atoms with Gasteiger partial charge in [-0.1, -0.05) is 43.6 Å². The lowest BCUT2D eigenvalue weighted by molar-refractivity contribution is 0.0697. The second-order valence-corrected chi connectivity index (χ2v) is 6.58. The first kappa shape index (κ1) is 15.9. The molecule has 110 valence electrons. The number of rotatable bonds is 5. The number of halogens is 1. The van der Waals surface area contributed by atoms with Crippen molar-refractivity contribution >= 4 is 29.3 Å². The van der Waals surface area contributed by atoms with E-state index in [1.807, 2.05) is 0 Å². The van der Waals surface area contributed by atoms with Gasteiger partial charge >= 0.3 is 5.97 Å². The highest BCUT2D eigenvalue weighted by molar-refractivity contribution is 7.98. The molecule has 0 atom stereocenters. The second-order valence-electron chi connectivity index (χ2n) is 5.12. The fourth-order valence-electron chi connectivity index (χ4n) is 1.91. The molecule has 4 heteroatoms. The molecule has 0 amide bonds. The summed E-state index contributed by atoms with van der Waals surface area (Å²) in [5.74, 6) is 0.294. The third kappa shape index (κ3) is 4.26. The zero-order valence-electron chi connectivity index (χ0n) is 12.0. The molecule has 2 aromatic carbocycles. The largest absolute Gasteiger partial charge is 0.478 e. The maximum Gasteiger partial charge on any atom is 0.335 e. The molecule has 0 unspecified atom stereocenters. The number of hydrogen-bond acceptors (Lipinski definition) is 2. The van der Waals surface area contributed by atoms with Gasteiger partial charge in [-0.3, -0.25) is 0 Å². The quantitative estimate of drug-likeness (QED) is 0.744. The van der Waals surface area contributed by atoms with Gasteiger partial charge in [-0.2, -0.15) is 0 Å². The van der Waals surface area contributed by atoms with E-state index in [9.17, 15) is 4.79 Å². The maximum atomic E-state index is 10.9. The Bertz CT molecular complexity index is 636. The van der Waals surface area contributed by atoms with Crippen molar-refractivity contribution in [1.29, 1.82) is 0 Å². The topological polar surface area (TPSA) is 37.3 Å². The van der Waals surface area contributed by atoms with E-state index in [1.54, 1.807) is 23.9 Å². The zero-order valence-corrected chi connectivity index (χ0v) is 13.5. The average Bonchev–Trinajstić information content (AvgIpc) is 2.46. The van der Waals surface area contributed by atoms with Crippen LogP contribution in [0.15, 0.2) is 47.4 Å². The van der Waals surface area contributed by atoms with Crippen LogP contribution in [0.4, 0.5) is 0 Å². The molecule has 0 heterocycles. The molecule has 0 saturated heterocycles. The van der Waals surface area contributed by atoms with Crippen LogP contribution in [-0.2, 0) is 5.75 Å². The van der Waals surface area contributed by atoms with Crippen molar-refractivity contribution < 1.29 is 9.90 Å². The van der Waals surface area contributed by atoms with Gasteiger partial charge in [0, 0.05) is 15.7 Å². The van der Waals surface area contributed by atoms with Gasteiger partial charge in [0.2, 0.25) is 0 Å². The van der Waals surface area contributed by atoms with Crippen molar-refractivity contribution in [3.8, 4) is 0 Å². The number of carbonyl (C=O) groups is 1. The van der Waals surface area contributed by atoms with E-state index in [-0.39, 0.29) is 5.56 Å². The molecular weight excluding hydrogens is 304 g/mol. The highest BCUT2D eigenvalue weighted by Gasteiger charge is 2.07. The molecule has 0 fully saturated rings. The molecule has 0 radical (unpaired) electrons. The lowest BCUT2D eigenvalue weighted by atomic mass is 10.0. The molecular formula is C17H17ClO2S. The number of thioether (sulfide) groups is 1. The Morgan fingerprint density at radius 3 is 2.38 bits per heavy atom. The Morgan fingerprint density at radius 2 is 1.86 bits per heavy atom. The van der Waals surface area contributed by atoms with E-state index in [1.165, 1.54) is 16.5 Å². The summed E-state index contributed by atoms with van der Waals surface area (Å²) in [6.07, 6.45) is 0. The zero-order chi connectivity index (χ0) is 15.4.